The van der Waals surface area contributed by atoms with Crippen LogP contribution >= 0.6 is 0 Å². The molecule has 0 aromatic heterocycles. The van der Waals surface area contributed by atoms with Crippen LogP contribution in [0.5, 0.6) is 0 Å². The molecule has 0 aliphatic rings. The Morgan fingerprint density at radius 2 is 1.60 bits per heavy atom. The Hall–Kier alpha value is -2.57. The van der Waals surface area contributed by atoms with E-state index in [-0.39, 0.29) is 24.4 Å². The molecule has 0 fully saturated rings. The largest absolute Gasteiger partial charge is 0.444 e. The van der Waals surface area contributed by atoms with E-state index in [0.717, 1.165) is 43.2 Å². The Bertz CT molecular complexity index is 799. The molecule has 7 heteroatoms. The van der Waals surface area contributed by atoms with Gasteiger partial charge < -0.3 is 20.3 Å². The summed E-state index contributed by atoms with van der Waals surface area (Å²) in [6.45, 7) is 16.0. The highest BCUT2D eigenvalue weighted by Crippen LogP contribution is 2.27. The van der Waals surface area contributed by atoms with Gasteiger partial charge in [0, 0.05) is 12.6 Å². The molecule has 2 atom stereocenters. The molecule has 2 unspecified atom stereocenters. The molecule has 0 aliphatic carbocycles. The van der Waals surface area contributed by atoms with E-state index in [1.165, 1.54) is 0 Å². The highest BCUT2D eigenvalue weighted by Gasteiger charge is 2.34. The lowest BCUT2D eigenvalue weighted by molar-refractivity contribution is -0.142. The Morgan fingerprint density at radius 1 is 0.971 bits per heavy atom. The fraction of sp³-hybridized carbons (Fsp3) is 0.679. The average Bonchev–Trinajstić information content (AvgIpc) is 2.76. The van der Waals surface area contributed by atoms with Gasteiger partial charge in [-0.1, -0.05) is 63.4 Å². The minimum atomic E-state index is -0.785. The van der Waals surface area contributed by atoms with Gasteiger partial charge in [-0.3, -0.25) is 9.59 Å². The lowest BCUT2D eigenvalue weighted by Crippen LogP contribution is -2.51. The van der Waals surface area contributed by atoms with E-state index < -0.39 is 17.7 Å². The molecular weight excluding hydrogens is 442 g/mol. The fourth-order valence-electron chi connectivity index (χ4n) is 3.78. The first kappa shape index (κ1) is 30.5. The van der Waals surface area contributed by atoms with Gasteiger partial charge in [-0.05, 0) is 65.4 Å². The second kappa shape index (κ2) is 14.7. The summed E-state index contributed by atoms with van der Waals surface area (Å²) in [5.74, 6) is -0.0524. The predicted molar refractivity (Wildman–Crippen MR) is 141 cm³/mol. The molecular formula is C28H47N3O4. The van der Waals surface area contributed by atoms with Crippen LogP contribution in [0.25, 0.3) is 0 Å². The normalized spacial score (nSPS) is 13.2. The number of unbranched alkanes of at least 4 members (excludes halogenated alkanes) is 2. The molecule has 0 bridgehead atoms. The number of ether oxygens (including phenoxy) is 1. The highest BCUT2D eigenvalue weighted by molar-refractivity contribution is 5.90. The van der Waals surface area contributed by atoms with Crippen molar-refractivity contribution >= 4 is 17.9 Å². The van der Waals surface area contributed by atoms with E-state index in [9.17, 15) is 14.4 Å². The molecule has 198 valence electrons. The van der Waals surface area contributed by atoms with Crippen LogP contribution < -0.4 is 10.6 Å². The van der Waals surface area contributed by atoms with Crippen molar-refractivity contribution in [2.75, 3.05) is 13.1 Å². The quantitative estimate of drug-likeness (QED) is 0.357. The zero-order valence-electron chi connectivity index (χ0n) is 23.1. The summed E-state index contributed by atoms with van der Waals surface area (Å²) < 4.78 is 5.29. The molecule has 35 heavy (non-hydrogen) atoms. The van der Waals surface area contributed by atoms with Crippen LogP contribution in [0.15, 0.2) is 24.3 Å². The molecule has 1 rings (SSSR count). The molecule has 2 N–H and O–H groups in total. The minimum absolute atomic E-state index is 0.196. The van der Waals surface area contributed by atoms with Gasteiger partial charge in [0.05, 0.1) is 0 Å². The lowest BCUT2D eigenvalue weighted by atomic mass is 9.97. The first-order chi connectivity index (χ1) is 16.4. The Balaban J connectivity index is 3.24. The topological polar surface area (TPSA) is 87.7 Å². The second-order valence-electron chi connectivity index (χ2n) is 10.8. The van der Waals surface area contributed by atoms with Crippen molar-refractivity contribution in [3.8, 4) is 0 Å². The van der Waals surface area contributed by atoms with Crippen molar-refractivity contribution in [2.24, 2.45) is 5.92 Å². The number of amides is 3. The molecule has 0 aliphatic heterocycles. The Kier molecular flexibility index (Phi) is 12.8. The van der Waals surface area contributed by atoms with E-state index in [2.05, 4.69) is 31.4 Å². The summed E-state index contributed by atoms with van der Waals surface area (Å²) in [6.07, 6.45) is 3.99. The van der Waals surface area contributed by atoms with Gasteiger partial charge in [-0.15, -0.1) is 0 Å². The maximum Gasteiger partial charge on any atom is 0.408 e. The second-order valence-corrected chi connectivity index (χ2v) is 10.8. The summed E-state index contributed by atoms with van der Waals surface area (Å²) >= 11 is 0. The SMILES string of the molecule is CCCCCNC(=O)C(c1ccc(C)cc1)N(C(=O)CNC(=O)OC(C)(C)C)C(C)CCC(C)C. The van der Waals surface area contributed by atoms with Gasteiger partial charge in [0.15, 0.2) is 0 Å². The predicted octanol–water partition coefficient (Wildman–Crippen LogP) is 5.52. The van der Waals surface area contributed by atoms with E-state index in [1.807, 2.05) is 38.1 Å². The van der Waals surface area contributed by atoms with Crippen LogP contribution in [-0.2, 0) is 14.3 Å². The van der Waals surface area contributed by atoms with Crippen molar-refractivity contribution in [3.05, 3.63) is 35.4 Å². The van der Waals surface area contributed by atoms with Gasteiger partial charge in [0.2, 0.25) is 11.8 Å². The fourth-order valence-corrected chi connectivity index (χ4v) is 3.78. The van der Waals surface area contributed by atoms with Gasteiger partial charge in [-0.25, -0.2) is 4.79 Å². The van der Waals surface area contributed by atoms with Gasteiger partial charge >= 0.3 is 6.09 Å². The van der Waals surface area contributed by atoms with Crippen LogP contribution in [0.4, 0.5) is 4.79 Å². The van der Waals surface area contributed by atoms with Gasteiger partial charge in [0.25, 0.3) is 0 Å². The molecule has 1 aromatic rings. The molecule has 0 heterocycles. The summed E-state index contributed by atoms with van der Waals surface area (Å²) in [6, 6.07) is 6.73. The van der Waals surface area contributed by atoms with Crippen molar-refractivity contribution in [3.63, 3.8) is 0 Å². The summed E-state index contributed by atoms with van der Waals surface area (Å²) in [5, 5.41) is 5.61. The van der Waals surface area contributed by atoms with Crippen LogP contribution in [0.1, 0.15) is 97.7 Å². The van der Waals surface area contributed by atoms with E-state index in [1.54, 1.807) is 25.7 Å². The number of aryl methyl sites for hydroxylation is 1. The average molecular weight is 490 g/mol. The number of nitrogens with one attached hydrogen (secondary N) is 2. The number of rotatable bonds is 13. The van der Waals surface area contributed by atoms with Crippen LogP contribution in [0.2, 0.25) is 0 Å². The van der Waals surface area contributed by atoms with Gasteiger partial charge in [0.1, 0.15) is 18.2 Å². The summed E-state index contributed by atoms with van der Waals surface area (Å²) in [5.41, 5.74) is 1.17. The Labute approximate surface area is 212 Å². The third kappa shape index (κ3) is 11.6. The monoisotopic (exact) mass is 489 g/mol. The summed E-state index contributed by atoms with van der Waals surface area (Å²) in [4.78, 5) is 40.9. The molecule has 3 amide bonds. The number of carbonyl (C=O) groups excluding carboxylic acids is 3. The zero-order valence-corrected chi connectivity index (χ0v) is 23.1. The third-order valence-electron chi connectivity index (χ3n) is 5.71. The van der Waals surface area contributed by atoms with E-state index in [0.29, 0.717) is 12.5 Å². The number of carbonyl (C=O) groups is 3. The number of benzene rings is 1. The van der Waals surface area contributed by atoms with Crippen LogP contribution in [-0.4, -0.2) is 47.5 Å². The third-order valence-corrected chi connectivity index (χ3v) is 5.71. The maximum absolute atomic E-state index is 13.5. The molecule has 0 saturated carbocycles. The standard InChI is InChI=1S/C28H47N3O4/c1-9-10-11-18-29-26(33)25(23-16-13-21(4)14-17-23)31(22(5)15-12-20(2)3)24(32)19-30-27(34)35-28(6,7)8/h13-14,16-17,20,22,25H,9-12,15,18-19H2,1-8H3,(H,29,33)(H,30,34). The van der Waals surface area contributed by atoms with Crippen LogP contribution in [0, 0.1) is 12.8 Å². The smallest absolute Gasteiger partial charge is 0.408 e. The van der Waals surface area contributed by atoms with Crippen molar-refractivity contribution in [1.82, 2.24) is 15.5 Å². The minimum Gasteiger partial charge on any atom is -0.444 e. The number of hydrogen-bond acceptors (Lipinski definition) is 4. The van der Waals surface area contributed by atoms with E-state index in [4.69, 9.17) is 4.74 Å². The first-order valence-corrected chi connectivity index (χ1v) is 13.0. The maximum atomic E-state index is 13.5. The molecule has 1 aromatic carbocycles. The molecule has 0 radical (unpaired) electrons. The summed E-state index contributed by atoms with van der Waals surface area (Å²) in [7, 11) is 0. The molecule has 7 nitrogen and oxygen atoms in total. The zero-order chi connectivity index (χ0) is 26.6. The molecule has 0 saturated heterocycles. The van der Waals surface area contributed by atoms with E-state index >= 15 is 0 Å². The lowest BCUT2D eigenvalue weighted by Gasteiger charge is -2.36. The Morgan fingerprint density at radius 3 is 2.14 bits per heavy atom. The number of nitrogens with zero attached hydrogens (tertiary/aromatic N) is 1. The van der Waals surface area contributed by atoms with Crippen LogP contribution in [0.3, 0.4) is 0 Å². The van der Waals surface area contributed by atoms with Gasteiger partial charge in [-0.2, -0.15) is 0 Å². The number of alkyl carbamates (subject to hydrolysis) is 1. The number of hydrogen-bond donors (Lipinski definition) is 2. The van der Waals surface area contributed by atoms with Crippen molar-refractivity contribution < 1.29 is 19.1 Å². The molecule has 0 spiro atoms. The highest BCUT2D eigenvalue weighted by atomic mass is 16.6. The van der Waals surface area contributed by atoms with Crippen molar-refractivity contribution in [1.29, 1.82) is 0 Å². The first-order valence-electron chi connectivity index (χ1n) is 13.0. The van der Waals surface area contributed by atoms with Crippen molar-refractivity contribution in [2.45, 2.75) is 105 Å².